The van der Waals surface area contributed by atoms with E-state index < -0.39 is 10.0 Å². The van der Waals surface area contributed by atoms with Crippen LogP contribution in [0.3, 0.4) is 0 Å². The summed E-state index contributed by atoms with van der Waals surface area (Å²) in [6, 6.07) is 15.3. The molecule has 1 heterocycles. The van der Waals surface area contributed by atoms with Crippen LogP contribution in [-0.2, 0) is 23.0 Å². The van der Waals surface area contributed by atoms with Gasteiger partial charge in [0.1, 0.15) is 5.82 Å². The van der Waals surface area contributed by atoms with Crippen molar-refractivity contribution in [2.45, 2.75) is 38.1 Å². The molecule has 164 valence electrons. The van der Waals surface area contributed by atoms with Gasteiger partial charge in [-0.1, -0.05) is 29.8 Å². The lowest BCUT2D eigenvalue weighted by Gasteiger charge is -2.23. The van der Waals surface area contributed by atoms with Crippen molar-refractivity contribution in [2.24, 2.45) is 0 Å². The first-order valence-electron chi connectivity index (χ1n) is 10.1. The number of rotatable bonds is 8. The highest BCUT2D eigenvalue weighted by Crippen LogP contribution is 2.21. The number of pyridine rings is 1. The lowest BCUT2D eigenvalue weighted by molar-refractivity contribution is 0.399. The zero-order valence-electron chi connectivity index (χ0n) is 17.8. The van der Waals surface area contributed by atoms with Gasteiger partial charge in [-0.2, -0.15) is 4.31 Å². The molecule has 0 aliphatic rings. The summed E-state index contributed by atoms with van der Waals surface area (Å²) in [5, 5.41) is 0. The van der Waals surface area contributed by atoms with E-state index in [9.17, 15) is 13.2 Å². The van der Waals surface area contributed by atoms with Crippen LogP contribution in [0.2, 0.25) is 0 Å². The SMILES string of the molecule is Cc1ccc(S(=O)(=O)N(CCCc2c(C)[nH]c(N)cc2=O)Cc2cccc(N)c2)cc1. The molecule has 7 nitrogen and oxygen atoms in total. The normalized spacial score (nSPS) is 11.7. The summed E-state index contributed by atoms with van der Waals surface area (Å²) in [7, 11) is -3.72. The minimum absolute atomic E-state index is 0.141. The molecule has 0 radical (unpaired) electrons. The summed E-state index contributed by atoms with van der Waals surface area (Å²) in [5.41, 5.74) is 15.1. The molecule has 8 heteroatoms. The Labute approximate surface area is 182 Å². The van der Waals surface area contributed by atoms with Gasteiger partial charge >= 0.3 is 0 Å². The van der Waals surface area contributed by atoms with Gasteiger partial charge in [0.15, 0.2) is 5.43 Å². The van der Waals surface area contributed by atoms with Crippen LogP contribution in [0.15, 0.2) is 64.3 Å². The first-order valence-corrected chi connectivity index (χ1v) is 11.5. The largest absolute Gasteiger partial charge is 0.399 e. The minimum Gasteiger partial charge on any atom is -0.399 e. The number of H-pyrrole nitrogens is 1. The zero-order valence-corrected chi connectivity index (χ0v) is 18.6. The van der Waals surface area contributed by atoms with Crippen LogP contribution in [0.1, 0.15) is 28.8 Å². The van der Waals surface area contributed by atoms with Crippen LogP contribution in [0.25, 0.3) is 0 Å². The van der Waals surface area contributed by atoms with E-state index >= 15 is 0 Å². The van der Waals surface area contributed by atoms with Crippen LogP contribution in [0.4, 0.5) is 11.5 Å². The molecule has 0 amide bonds. The average Bonchev–Trinajstić information content (AvgIpc) is 2.69. The summed E-state index contributed by atoms with van der Waals surface area (Å²) in [6.07, 6.45) is 0.930. The Balaban J connectivity index is 1.85. The average molecular weight is 441 g/mol. The van der Waals surface area contributed by atoms with Gasteiger partial charge in [0.05, 0.1) is 4.90 Å². The molecule has 0 saturated heterocycles. The molecule has 0 saturated carbocycles. The predicted molar refractivity (Wildman–Crippen MR) is 124 cm³/mol. The van der Waals surface area contributed by atoms with E-state index in [-0.39, 0.29) is 23.4 Å². The second kappa shape index (κ2) is 9.36. The molecule has 5 N–H and O–H groups in total. The Hall–Kier alpha value is -3.10. The number of nitrogens with two attached hydrogens (primary N) is 2. The fourth-order valence-electron chi connectivity index (χ4n) is 3.52. The lowest BCUT2D eigenvalue weighted by atomic mass is 10.1. The molecule has 0 atom stereocenters. The molecule has 31 heavy (non-hydrogen) atoms. The Morgan fingerprint density at radius 2 is 1.71 bits per heavy atom. The summed E-state index contributed by atoms with van der Waals surface area (Å²) in [6.45, 7) is 4.15. The topological polar surface area (TPSA) is 122 Å². The van der Waals surface area contributed by atoms with Crippen LogP contribution in [-0.4, -0.2) is 24.3 Å². The van der Waals surface area contributed by atoms with E-state index in [2.05, 4.69) is 4.98 Å². The van der Waals surface area contributed by atoms with Crippen molar-refractivity contribution in [3.05, 3.63) is 87.2 Å². The van der Waals surface area contributed by atoms with E-state index in [0.717, 1.165) is 11.1 Å². The molecule has 2 aromatic carbocycles. The highest BCUT2D eigenvalue weighted by molar-refractivity contribution is 7.89. The number of anilines is 2. The van der Waals surface area contributed by atoms with Crippen molar-refractivity contribution in [3.8, 4) is 0 Å². The number of benzene rings is 2. The third kappa shape index (κ3) is 5.53. The first-order chi connectivity index (χ1) is 14.7. The van der Waals surface area contributed by atoms with Crippen LogP contribution < -0.4 is 16.9 Å². The molecule has 0 aliphatic carbocycles. The number of aromatic nitrogens is 1. The fraction of sp³-hybridized carbons (Fsp3) is 0.261. The maximum absolute atomic E-state index is 13.4. The van der Waals surface area contributed by atoms with Gasteiger partial charge in [0.25, 0.3) is 0 Å². The van der Waals surface area contributed by atoms with Crippen LogP contribution in [0, 0.1) is 13.8 Å². The first kappa shape index (κ1) is 22.6. The summed E-state index contributed by atoms with van der Waals surface area (Å²) < 4.78 is 28.2. The van der Waals surface area contributed by atoms with E-state index in [1.54, 1.807) is 49.4 Å². The lowest BCUT2D eigenvalue weighted by Crippen LogP contribution is -2.32. The molecule has 0 fully saturated rings. The summed E-state index contributed by atoms with van der Waals surface area (Å²) in [4.78, 5) is 15.5. The number of nitrogens with zero attached hydrogens (tertiary/aromatic N) is 1. The number of hydrogen-bond acceptors (Lipinski definition) is 5. The van der Waals surface area contributed by atoms with Crippen molar-refractivity contribution in [1.82, 2.24) is 9.29 Å². The van der Waals surface area contributed by atoms with E-state index in [1.165, 1.54) is 10.4 Å². The summed E-state index contributed by atoms with van der Waals surface area (Å²) in [5.74, 6) is 0.316. The minimum atomic E-state index is -3.72. The van der Waals surface area contributed by atoms with Gasteiger partial charge in [0.2, 0.25) is 10.0 Å². The Morgan fingerprint density at radius 3 is 2.35 bits per heavy atom. The highest BCUT2D eigenvalue weighted by atomic mass is 32.2. The van der Waals surface area contributed by atoms with Gasteiger partial charge in [-0.15, -0.1) is 0 Å². The highest BCUT2D eigenvalue weighted by Gasteiger charge is 2.24. The second-order valence-electron chi connectivity index (χ2n) is 7.69. The second-order valence-corrected chi connectivity index (χ2v) is 9.63. The van der Waals surface area contributed by atoms with E-state index in [4.69, 9.17) is 11.5 Å². The zero-order chi connectivity index (χ0) is 22.6. The predicted octanol–water partition coefficient (Wildman–Crippen LogP) is 2.98. The van der Waals surface area contributed by atoms with Crippen molar-refractivity contribution in [1.29, 1.82) is 0 Å². The van der Waals surface area contributed by atoms with Crippen molar-refractivity contribution < 1.29 is 8.42 Å². The molecule has 0 bridgehead atoms. The number of nitrogens with one attached hydrogen (secondary N) is 1. The maximum atomic E-state index is 13.4. The van der Waals surface area contributed by atoms with Gasteiger partial charge in [0, 0.05) is 36.1 Å². The summed E-state index contributed by atoms with van der Waals surface area (Å²) >= 11 is 0. The molecular formula is C23H28N4O3S. The van der Waals surface area contributed by atoms with Crippen molar-refractivity contribution >= 4 is 21.5 Å². The monoisotopic (exact) mass is 440 g/mol. The number of nitrogen functional groups attached to an aromatic ring is 2. The number of hydrogen-bond donors (Lipinski definition) is 3. The third-order valence-electron chi connectivity index (χ3n) is 5.17. The van der Waals surface area contributed by atoms with Crippen molar-refractivity contribution in [3.63, 3.8) is 0 Å². The smallest absolute Gasteiger partial charge is 0.243 e. The fourth-order valence-corrected chi connectivity index (χ4v) is 4.99. The standard InChI is InChI=1S/C23H28N4O3S/c1-16-8-10-20(11-9-16)31(29,30)27(15-18-5-3-6-19(24)13-18)12-4-7-21-17(2)26-23(25)14-22(21)28/h3,5-6,8-11,13-14H,4,7,12,15,24H2,1-2H3,(H3,25,26,28). The molecular weight excluding hydrogens is 412 g/mol. The van der Waals surface area contributed by atoms with Crippen molar-refractivity contribution in [2.75, 3.05) is 18.0 Å². The number of aromatic amines is 1. The van der Waals surface area contributed by atoms with E-state index in [0.29, 0.717) is 35.6 Å². The molecule has 0 unspecified atom stereocenters. The third-order valence-corrected chi connectivity index (χ3v) is 7.03. The Morgan fingerprint density at radius 1 is 1.00 bits per heavy atom. The van der Waals surface area contributed by atoms with E-state index in [1.807, 2.05) is 13.0 Å². The molecule has 3 aromatic rings. The maximum Gasteiger partial charge on any atom is 0.243 e. The molecule has 1 aromatic heterocycles. The van der Waals surface area contributed by atoms with Crippen LogP contribution in [0.5, 0.6) is 0 Å². The number of aryl methyl sites for hydroxylation is 2. The molecule has 0 aliphatic heterocycles. The number of sulfonamides is 1. The van der Waals surface area contributed by atoms with Gasteiger partial charge < -0.3 is 16.5 Å². The Kier molecular flexibility index (Phi) is 6.82. The van der Waals surface area contributed by atoms with Gasteiger partial charge in [-0.25, -0.2) is 8.42 Å². The Bertz CT molecular complexity index is 1220. The molecule has 0 spiro atoms. The molecule has 3 rings (SSSR count). The van der Waals surface area contributed by atoms with Crippen LogP contribution >= 0.6 is 0 Å². The van der Waals surface area contributed by atoms with Gasteiger partial charge in [-0.3, -0.25) is 4.79 Å². The quantitative estimate of drug-likeness (QED) is 0.465. The van der Waals surface area contributed by atoms with Gasteiger partial charge in [-0.05, 0) is 56.5 Å².